The van der Waals surface area contributed by atoms with Crippen molar-refractivity contribution in [2.24, 2.45) is 5.73 Å². The van der Waals surface area contributed by atoms with E-state index in [0.717, 1.165) is 30.0 Å². The molecule has 1 atom stereocenters. The van der Waals surface area contributed by atoms with E-state index in [4.69, 9.17) is 10.7 Å². The van der Waals surface area contributed by atoms with Crippen molar-refractivity contribution in [2.45, 2.75) is 32.2 Å². The van der Waals surface area contributed by atoms with Gasteiger partial charge in [-0.05, 0) is 37.8 Å². The summed E-state index contributed by atoms with van der Waals surface area (Å²) >= 11 is 1.71. The molecule has 1 unspecified atom stereocenters. The van der Waals surface area contributed by atoms with Gasteiger partial charge in [0.25, 0.3) is 0 Å². The molecule has 0 saturated heterocycles. The van der Waals surface area contributed by atoms with Crippen molar-refractivity contribution in [1.82, 2.24) is 9.97 Å². The fourth-order valence-corrected chi connectivity index (χ4v) is 3.47. The lowest BCUT2D eigenvalue weighted by atomic mass is 9.99. The minimum atomic E-state index is 0.175. The van der Waals surface area contributed by atoms with Crippen LogP contribution in [0.1, 0.15) is 35.0 Å². The number of aromatic nitrogens is 2. The highest BCUT2D eigenvalue weighted by Crippen LogP contribution is 2.36. The molecule has 0 saturated carbocycles. The average Bonchev–Trinajstić information content (AvgIpc) is 2.75. The lowest BCUT2D eigenvalue weighted by molar-refractivity contribution is 0.573. The van der Waals surface area contributed by atoms with Gasteiger partial charge in [-0.1, -0.05) is 6.07 Å². The molecule has 3 rings (SSSR count). The highest BCUT2D eigenvalue weighted by Gasteiger charge is 2.22. The van der Waals surface area contributed by atoms with E-state index in [0.29, 0.717) is 0 Å². The second-order valence-corrected chi connectivity index (χ2v) is 5.53. The van der Waals surface area contributed by atoms with Crippen molar-refractivity contribution in [1.29, 1.82) is 0 Å². The summed E-state index contributed by atoms with van der Waals surface area (Å²) in [5.41, 5.74) is 9.49. The molecule has 2 heterocycles. The summed E-state index contributed by atoms with van der Waals surface area (Å²) in [6, 6.07) is 4.20. The smallest absolute Gasteiger partial charge is 0.142 e. The molecule has 0 amide bonds. The Morgan fingerprint density at radius 2 is 2.35 bits per heavy atom. The molecular weight excluding hydrogens is 230 g/mol. The van der Waals surface area contributed by atoms with Gasteiger partial charge in [0.05, 0.1) is 5.69 Å². The molecule has 2 aromatic rings. The molecular formula is C13H15N3S. The molecule has 3 nitrogen and oxygen atoms in total. The minimum absolute atomic E-state index is 0.175. The van der Waals surface area contributed by atoms with E-state index >= 15 is 0 Å². The number of nitrogens with two attached hydrogens (primary N) is 1. The Morgan fingerprint density at radius 1 is 1.47 bits per heavy atom. The van der Waals surface area contributed by atoms with Gasteiger partial charge in [0.15, 0.2) is 0 Å². The average molecular weight is 245 g/mol. The third-order valence-electron chi connectivity index (χ3n) is 3.21. The number of thiazole rings is 1. The fraction of sp³-hybridized carbons (Fsp3) is 0.385. The fourth-order valence-electron chi connectivity index (χ4n) is 2.26. The van der Waals surface area contributed by atoms with E-state index in [9.17, 15) is 0 Å². The minimum Gasteiger partial charge on any atom is -0.323 e. The largest absolute Gasteiger partial charge is 0.323 e. The van der Waals surface area contributed by atoms with Gasteiger partial charge in [0, 0.05) is 17.1 Å². The number of rotatable bonds is 1. The second kappa shape index (κ2) is 4.20. The van der Waals surface area contributed by atoms with Crippen LogP contribution in [0, 0.1) is 6.92 Å². The van der Waals surface area contributed by atoms with Crippen LogP contribution in [0.4, 0.5) is 0 Å². The zero-order valence-electron chi connectivity index (χ0n) is 9.81. The molecule has 0 radical (unpaired) electrons. The summed E-state index contributed by atoms with van der Waals surface area (Å²) in [5.74, 6) is 0. The van der Waals surface area contributed by atoms with Crippen LogP contribution in [0.5, 0.6) is 0 Å². The monoisotopic (exact) mass is 245 g/mol. The standard InChI is InChI=1S/C13H15N3S/c1-8-4-3-7-15-11(8)13-16-10-6-2-5-9(14)12(10)17-13/h3-4,7,9H,2,5-6,14H2,1H3. The highest BCUT2D eigenvalue weighted by molar-refractivity contribution is 7.15. The van der Waals surface area contributed by atoms with Gasteiger partial charge in [-0.2, -0.15) is 0 Å². The van der Waals surface area contributed by atoms with E-state index < -0.39 is 0 Å². The number of hydrogen-bond acceptors (Lipinski definition) is 4. The van der Waals surface area contributed by atoms with E-state index in [1.54, 1.807) is 11.3 Å². The van der Waals surface area contributed by atoms with Crippen LogP contribution < -0.4 is 5.73 Å². The summed E-state index contributed by atoms with van der Waals surface area (Å²) < 4.78 is 0. The molecule has 0 aliphatic heterocycles. The van der Waals surface area contributed by atoms with Gasteiger partial charge in [-0.3, -0.25) is 4.98 Å². The second-order valence-electron chi connectivity index (χ2n) is 4.50. The van der Waals surface area contributed by atoms with E-state index in [2.05, 4.69) is 18.0 Å². The van der Waals surface area contributed by atoms with Crippen LogP contribution in [-0.4, -0.2) is 9.97 Å². The molecule has 2 aromatic heterocycles. The van der Waals surface area contributed by atoms with Crippen LogP contribution in [0.15, 0.2) is 18.3 Å². The first kappa shape index (κ1) is 10.9. The zero-order chi connectivity index (χ0) is 11.8. The first-order valence-corrected chi connectivity index (χ1v) is 6.74. The molecule has 0 bridgehead atoms. The van der Waals surface area contributed by atoms with E-state index in [1.165, 1.54) is 16.1 Å². The van der Waals surface area contributed by atoms with Crippen LogP contribution in [0.25, 0.3) is 10.7 Å². The number of hydrogen-bond donors (Lipinski definition) is 1. The van der Waals surface area contributed by atoms with E-state index in [1.807, 2.05) is 12.3 Å². The van der Waals surface area contributed by atoms with Gasteiger partial charge in [0.2, 0.25) is 0 Å². The molecule has 1 aliphatic rings. The van der Waals surface area contributed by atoms with Gasteiger partial charge in [-0.25, -0.2) is 4.98 Å². The Bertz CT molecular complexity index is 547. The first-order valence-electron chi connectivity index (χ1n) is 5.93. The molecule has 0 spiro atoms. The van der Waals surface area contributed by atoms with Crippen LogP contribution in [0.2, 0.25) is 0 Å². The third kappa shape index (κ3) is 1.87. The number of pyridine rings is 1. The van der Waals surface area contributed by atoms with Crippen molar-refractivity contribution >= 4 is 11.3 Å². The summed E-state index contributed by atoms with van der Waals surface area (Å²) in [7, 11) is 0. The molecule has 4 heteroatoms. The van der Waals surface area contributed by atoms with Crippen molar-refractivity contribution in [3.63, 3.8) is 0 Å². The Morgan fingerprint density at radius 3 is 3.12 bits per heavy atom. The number of nitrogens with zero attached hydrogens (tertiary/aromatic N) is 2. The third-order valence-corrected chi connectivity index (χ3v) is 4.44. The topological polar surface area (TPSA) is 51.8 Å². The maximum absolute atomic E-state index is 6.13. The molecule has 2 N–H and O–H groups in total. The number of aryl methyl sites for hydroxylation is 2. The maximum Gasteiger partial charge on any atom is 0.142 e. The van der Waals surface area contributed by atoms with Crippen molar-refractivity contribution < 1.29 is 0 Å². The zero-order valence-corrected chi connectivity index (χ0v) is 10.6. The molecule has 1 aliphatic carbocycles. The molecule has 88 valence electrons. The summed E-state index contributed by atoms with van der Waals surface area (Å²) in [6.07, 6.45) is 5.11. The quantitative estimate of drug-likeness (QED) is 0.840. The Balaban J connectivity index is 2.08. The van der Waals surface area contributed by atoms with Crippen molar-refractivity contribution in [2.75, 3.05) is 0 Å². The Kier molecular flexibility index (Phi) is 2.68. The normalized spacial score (nSPS) is 19.1. The maximum atomic E-state index is 6.13. The molecule has 0 fully saturated rings. The predicted octanol–water partition coefficient (Wildman–Crippen LogP) is 2.85. The molecule has 0 aromatic carbocycles. The van der Waals surface area contributed by atoms with E-state index in [-0.39, 0.29) is 6.04 Å². The van der Waals surface area contributed by atoms with Gasteiger partial charge in [0.1, 0.15) is 10.7 Å². The van der Waals surface area contributed by atoms with Gasteiger partial charge < -0.3 is 5.73 Å². The van der Waals surface area contributed by atoms with Gasteiger partial charge in [-0.15, -0.1) is 11.3 Å². The number of fused-ring (bicyclic) bond motifs is 1. The predicted molar refractivity (Wildman–Crippen MR) is 69.9 cm³/mol. The van der Waals surface area contributed by atoms with Gasteiger partial charge >= 0.3 is 0 Å². The SMILES string of the molecule is Cc1cccnc1-c1nc2c(s1)C(N)CCC2. The van der Waals surface area contributed by atoms with Crippen LogP contribution >= 0.6 is 11.3 Å². The Labute approximate surface area is 105 Å². The first-order chi connectivity index (χ1) is 8.25. The highest BCUT2D eigenvalue weighted by atomic mass is 32.1. The Hall–Kier alpha value is -1.26. The van der Waals surface area contributed by atoms with Crippen LogP contribution in [0.3, 0.4) is 0 Å². The summed E-state index contributed by atoms with van der Waals surface area (Å²) in [5, 5.41) is 1.02. The summed E-state index contributed by atoms with van der Waals surface area (Å²) in [6.45, 7) is 2.07. The van der Waals surface area contributed by atoms with Crippen LogP contribution in [-0.2, 0) is 6.42 Å². The summed E-state index contributed by atoms with van der Waals surface area (Å²) in [4.78, 5) is 10.4. The van der Waals surface area contributed by atoms with Crippen molar-refractivity contribution in [3.8, 4) is 10.7 Å². The lowest BCUT2D eigenvalue weighted by Gasteiger charge is -2.15. The molecule has 17 heavy (non-hydrogen) atoms. The lowest BCUT2D eigenvalue weighted by Crippen LogP contribution is -2.15. The van der Waals surface area contributed by atoms with Crippen molar-refractivity contribution in [3.05, 3.63) is 34.5 Å².